The number of carbonyl (C=O) groups is 5. The van der Waals surface area contributed by atoms with Gasteiger partial charge in [0.1, 0.15) is 11.4 Å². The molecule has 0 radical (unpaired) electrons. The Morgan fingerprint density at radius 2 is 1.84 bits per heavy atom. The van der Waals surface area contributed by atoms with Crippen molar-refractivity contribution in [2.75, 3.05) is 11.5 Å². The zero-order valence-electron chi connectivity index (χ0n) is 20.4. The second-order valence-electron chi connectivity index (χ2n) is 7.21. The SMILES string of the molecule is O=C([O-])Cn1nnnc1SCC1=C(C(=O)[O-])N2C(=O)C(NC(=O)Cc3ccsc3C(=O)[O-])[C@@H]2SC1.[Na+].[Na+].[Na+]. The van der Waals surface area contributed by atoms with E-state index in [1.165, 1.54) is 23.2 Å². The summed E-state index contributed by atoms with van der Waals surface area (Å²) < 4.78 is 0.984. The summed E-state index contributed by atoms with van der Waals surface area (Å²) in [4.78, 5) is 59.9. The molecule has 2 atom stereocenters. The largest absolute Gasteiger partial charge is 1.00 e. The Labute approximate surface area is 293 Å². The number of carboxylic acids is 3. The topological polar surface area (TPSA) is 213 Å². The van der Waals surface area contributed by atoms with E-state index >= 15 is 0 Å². The van der Waals surface area contributed by atoms with Crippen LogP contribution in [0.5, 0.6) is 0 Å². The first-order chi connectivity index (χ1) is 16.7. The van der Waals surface area contributed by atoms with Gasteiger partial charge in [0.25, 0.3) is 5.91 Å². The summed E-state index contributed by atoms with van der Waals surface area (Å²) in [6, 6.07) is 0.487. The number of carboxylic acid groups (broad SMARTS) is 3. The van der Waals surface area contributed by atoms with Crippen molar-refractivity contribution >= 4 is 64.6 Å². The number of tetrazole rings is 1. The van der Waals surface area contributed by atoms with E-state index in [1.807, 2.05) is 0 Å². The standard InChI is InChI=1S/C18H16N6O8S3.3Na/c25-9(3-7-1-2-33-13(7)17(31)32)19-11-14(28)24-12(16(29)30)8(5-34-15(11)24)6-35-18-20-21-22-23(18)4-10(26)27;;;/h1-2,11,15H,3-6H2,(H,19,25)(H,26,27)(H,29,30)(H,31,32);;;/q;3*+1/p-3/t11?,15-;;;/m0.../s1. The molecule has 20 heteroatoms. The zero-order valence-corrected chi connectivity index (χ0v) is 28.8. The van der Waals surface area contributed by atoms with Crippen LogP contribution in [0.4, 0.5) is 0 Å². The van der Waals surface area contributed by atoms with E-state index in [0.29, 0.717) is 5.57 Å². The summed E-state index contributed by atoms with van der Waals surface area (Å²) in [6.07, 6.45) is -0.278. The van der Waals surface area contributed by atoms with E-state index in [4.69, 9.17) is 0 Å². The van der Waals surface area contributed by atoms with Crippen LogP contribution in [0.3, 0.4) is 0 Å². The maximum atomic E-state index is 12.7. The van der Waals surface area contributed by atoms with Crippen LogP contribution in [-0.4, -0.2) is 77.8 Å². The third kappa shape index (κ3) is 7.85. The third-order valence-electron chi connectivity index (χ3n) is 4.99. The average Bonchev–Trinajstić information content (AvgIpc) is 3.44. The van der Waals surface area contributed by atoms with Crippen LogP contribution in [0.15, 0.2) is 27.9 Å². The number of aromatic nitrogens is 4. The Kier molecular flexibility index (Phi) is 14.5. The molecule has 2 aliphatic rings. The number of β-lactam (4-membered cyclic amide) rings is 1. The molecule has 0 aromatic carbocycles. The Balaban J connectivity index is 0.00000241. The molecule has 14 nitrogen and oxygen atoms in total. The van der Waals surface area contributed by atoms with Gasteiger partial charge in [-0.05, 0) is 33.0 Å². The number of thioether (sulfide) groups is 2. The molecule has 0 saturated carbocycles. The van der Waals surface area contributed by atoms with Crippen LogP contribution in [0.2, 0.25) is 0 Å². The monoisotopic (exact) mass is 606 g/mol. The fraction of sp³-hybridized carbons (Fsp3) is 0.333. The number of rotatable bonds is 10. The van der Waals surface area contributed by atoms with Gasteiger partial charge in [0.15, 0.2) is 0 Å². The quantitative estimate of drug-likeness (QED) is 0.151. The van der Waals surface area contributed by atoms with E-state index in [1.54, 1.807) is 0 Å². The van der Waals surface area contributed by atoms with E-state index in [2.05, 4.69) is 20.8 Å². The molecule has 2 aromatic heterocycles. The number of aromatic carboxylic acids is 1. The van der Waals surface area contributed by atoms with Gasteiger partial charge in [-0.3, -0.25) is 14.5 Å². The molecule has 0 spiro atoms. The molecule has 38 heavy (non-hydrogen) atoms. The van der Waals surface area contributed by atoms with Gasteiger partial charge in [-0.15, -0.1) is 28.2 Å². The van der Waals surface area contributed by atoms with Crippen molar-refractivity contribution in [1.29, 1.82) is 0 Å². The number of hydrogen-bond acceptors (Lipinski definition) is 14. The van der Waals surface area contributed by atoms with Gasteiger partial charge in [0.2, 0.25) is 11.1 Å². The van der Waals surface area contributed by atoms with Gasteiger partial charge < -0.3 is 35.0 Å². The van der Waals surface area contributed by atoms with Crippen molar-refractivity contribution < 1.29 is 128 Å². The molecular weight excluding hydrogens is 593 g/mol. The van der Waals surface area contributed by atoms with Gasteiger partial charge in [-0.1, -0.05) is 11.8 Å². The minimum Gasteiger partial charge on any atom is -0.548 e. The molecule has 4 rings (SSSR count). The van der Waals surface area contributed by atoms with Gasteiger partial charge >= 0.3 is 88.7 Å². The number of nitrogens with zero attached hydrogens (tertiary/aromatic N) is 5. The Morgan fingerprint density at radius 3 is 2.47 bits per heavy atom. The molecule has 2 amide bonds. The first kappa shape index (κ1) is 35.6. The third-order valence-corrected chi connectivity index (χ3v) is 8.31. The zero-order chi connectivity index (χ0) is 25.3. The molecule has 1 fully saturated rings. The second-order valence-corrected chi connectivity index (χ2v) is 10.2. The van der Waals surface area contributed by atoms with Crippen molar-refractivity contribution in [1.82, 2.24) is 30.4 Å². The second kappa shape index (κ2) is 15.5. The van der Waals surface area contributed by atoms with Crippen LogP contribution in [0.1, 0.15) is 15.2 Å². The predicted molar refractivity (Wildman–Crippen MR) is 113 cm³/mol. The summed E-state index contributed by atoms with van der Waals surface area (Å²) in [7, 11) is 0. The molecule has 184 valence electrons. The molecule has 1 N–H and O–H groups in total. The molecule has 2 aromatic rings. The van der Waals surface area contributed by atoms with Crippen LogP contribution in [0.25, 0.3) is 0 Å². The molecule has 1 unspecified atom stereocenters. The van der Waals surface area contributed by atoms with Crippen LogP contribution in [0, 0.1) is 0 Å². The summed E-state index contributed by atoms with van der Waals surface area (Å²) in [6.45, 7) is -0.583. The number of hydrogen-bond donors (Lipinski definition) is 1. The minimum atomic E-state index is -1.57. The predicted octanol–water partition coefficient (Wildman–Crippen LogP) is -13.4. The molecule has 0 aliphatic carbocycles. The average molecular weight is 607 g/mol. The van der Waals surface area contributed by atoms with Gasteiger partial charge in [-0.25, -0.2) is 4.68 Å². The number of carbonyl (C=O) groups excluding carboxylic acids is 5. The number of nitrogens with one attached hydrogen (secondary N) is 1. The minimum absolute atomic E-state index is 0. The Morgan fingerprint density at radius 1 is 1.13 bits per heavy atom. The van der Waals surface area contributed by atoms with Crippen LogP contribution in [-0.2, 0) is 32.1 Å². The number of thiophene rings is 1. The van der Waals surface area contributed by atoms with Gasteiger partial charge in [0, 0.05) is 11.5 Å². The maximum Gasteiger partial charge on any atom is 1.00 e. The fourth-order valence-corrected chi connectivity index (χ4v) is 6.63. The summed E-state index contributed by atoms with van der Waals surface area (Å²) in [5.41, 5.74) is 0.269. The first-order valence-electron chi connectivity index (χ1n) is 9.71. The summed E-state index contributed by atoms with van der Waals surface area (Å²) in [5, 5.41) is 47.8. The molecule has 2 aliphatic heterocycles. The van der Waals surface area contributed by atoms with Crippen molar-refractivity contribution in [3.8, 4) is 0 Å². The number of amides is 2. The van der Waals surface area contributed by atoms with E-state index < -0.39 is 47.7 Å². The van der Waals surface area contributed by atoms with E-state index in [0.717, 1.165) is 32.7 Å². The molecule has 1 saturated heterocycles. The van der Waals surface area contributed by atoms with Crippen molar-refractivity contribution in [2.45, 2.75) is 29.5 Å². The molecule has 4 heterocycles. The fourth-order valence-electron chi connectivity index (χ4n) is 3.51. The van der Waals surface area contributed by atoms with Gasteiger partial charge in [-0.2, -0.15) is 0 Å². The summed E-state index contributed by atoms with van der Waals surface area (Å²) in [5.74, 6) is -5.39. The Hall–Kier alpha value is -0.440. The Bertz CT molecular complexity index is 1270. The maximum absolute atomic E-state index is 12.7. The normalized spacial score (nSPS) is 17.7. The number of aliphatic carboxylic acids is 2. The van der Waals surface area contributed by atoms with Crippen LogP contribution >= 0.6 is 34.9 Å². The first-order valence-corrected chi connectivity index (χ1v) is 12.6. The smallest absolute Gasteiger partial charge is 0.548 e. The molecular formula is C18H13N6Na3O8S3. The van der Waals surface area contributed by atoms with Gasteiger partial charge in [0.05, 0.1) is 41.4 Å². The van der Waals surface area contributed by atoms with Crippen LogP contribution < -0.4 is 109 Å². The number of fused-ring (bicyclic) bond motifs is 1. The van der Waals surface area contributed by atoms with E-state index in [9.17, 15) is 39.3 Å². The molecule has 0 bridgehead atoms. The van der Waals surface area contributed by atoms with Crippen molar-refractivity contribution in [3.05, 3.63) is 33.2 Å². The van der Waals surface area contributed by atoms with Crippen molar-refractivity contribution in [2.24, 2.45) is 0 Å². The van der Waals surface area contributed by atoms with Crippen molar-refractivity contribution in [3.63, 3.8) is 0 Å². The summed E-state index contributed by atoms with van der Waals surface area (Å²) >= 11 is 3.13. The van der Waals surface area contributed by atoms with E-state index in [-0.39, 0.29) is 128 Å².